The zero-order valence-electron chi connectivity index (χ0n) is 56.2. The number of methoxy groups -OCH3 is 5. The Hall–Kier alpha value is -5.74. The molecule has 5 aliphatic rings. The van der Waals surface area contributed by atoms with E-state index in [1.54, 1.807) is 71.9 Å². The molecule has 5 unspecified atom stereocenters. The molecule has 0 spiro atoms. The maximum absolute atomic E-state index is 12.7. The molecule has 5 aromatic carbocycles. The Kier molecular flexibility index (Phi) is 23.1. The maximum atomic E-state index is 12.7. The molecule has 0 amide bonds. The van der Waals surface area contributed by atoms with Gasteiger partial charge in [0.15, 0.2) is 0 Å². The lowest BCUT2D eigenvalue weighted by Crippen LogP contribution is -2.37. The summed E-state index contributed by atoms with van der Waals surface area (Å²) in [6.07, 6.45) is 11.6. The molecule has 10 rings (SSSR count). The van der Waals surface area contributed by atoms with Gasteiger partial charge in [0.2, 0.25) is 0 Å². The van der Waals surface area contributed by atoms with Crippen LogP contribution in [0.25, 0.3) is 0 Å². The van der Waals surface area contributed by atoms with Gasteiger partial charge < -0.3 is 69.6 Å². The fourth-order valence-corrected chi connectivity index (χ4v) is 18.9. The van der Waals surface area contributed by atoms with Crippen LogP contribution in [0.5, 0.6) is 46.0 Å². The van der Waals surface area contributed by atoms with Crippen LogP contribution in [-0.4, -0.2) is 118 Å². The molecule has 5 aromatic rings. The highest BCUT2D eigenvalue weighted by molar-refractivity contribution is 5.56. The van der Waals surface area contributed by atoms with E-state index >= 15 is 0 Å². The van der Waals surface area contributed by atoms with E-state index in [2.05, 4.69) is 39.0 Å². The van der Waals surface area contributed by atoms with Crippen LogP contribution in [0.3, 0.4) is 0 Å². The molecule has 4 fully saturated rings. The first-order chi connectivity index (χ1) is 44.2. The Balaban J connectivity index is 1.20. The van der Waals surface area contributed by atoms with E-state index in [4.69, 9.17) is 23.7 Å². The Labute approximate surface area is 547 Å². The third-order valence-electron chi connectivity index (χ3n) is 23.0. The molecule has 18 atom stereocenters. The number of fused-ring (bicyclic) bond motifs is 6. The van der Waals surface area contributed by atoms with Crippen molar-refractivity contribution < 1.29 is 69.6 Å². The van der Waals surface area contributed by atoms with Gasteiger partial charge in [0.25, 0.3) is 0 Å². The molecule has 0 heterocycles. The van der Waals surface area contributed by atoms with Crippen molar-refractivity contribution in [3.63, 3.8) is 0 Å². The molecule has 0 aliphatic heterocycles. The van der Waals surface area contributed by atoms with Crippen molar-refractivity contribution in [3.05, 3.63) is 128 Å². The molecule has 0 aromatic heterocycles. The molecule has 92 heavy (non-hydrogen) atoms. The second kappa shape index (κ2) is 30.8. The van der Waals surface area contributed by atoms with Gasteiger partial charge in [-0.25, -0.2) is 0 Å². The number of aliphatic hydroxyl groups is 4. The van der Waals surface area contributed by atoms with Gasteiger partial charge in [-0.3, -0.25) is 0 Å². The number of hydrogen-bond acceptors (Lipinski definition) is 14. The van der Waals surface area contributed by atoms with E-state index in [9.17, 15) is 46.0 Å². The van der Waals surface area contributed by atoms with E-state index in [-0.39, 0.29) is 106 Å². The Morgan fingerprint density at radius 1 is 0.348 bits per heavy atom. The van der Waals surface area contributed by atoms with Crippen molar-refractivity contribution >= 4 is 0 Å². The summed E-state index contributed by atoms with van der Waals surface area (Å²) in [6, 6.07) is 22.8. The van der Waals surface area contributed by atoms with Gasteiger partial charge in [-0.2, -0.15) is 0 Å². The molecular weight excluding hydrogens is 1160 g/mol. The third kappa shape index (κ3) is 15.6. The van der Waals surface area contributed by atoms with Crippen LogP contribution in [0.15, 0.2) is 72.8 Å². The monoisotopic (exact) mass is 1270 g/mol. The summed E-state index contributed by atoms with van der Waals surface area (Å²) in [4.78, 5) is 0. The number of phenols is 5. The topological polar surface area (TPSA) is 228 Å². The summed E-state index contributed by atoms with van der Waals surface area (Å²) in [5, 5.41) is 106. The fourth-order valence-electron chi connectivity index (χ4n) is 18.9. The normalized spacial score (nSPS) is 32.2. The first-order valence-electron chi connectivity index (χ1n) is 34.8. The van der Waals surface area contributed by atoms with E-state index in [0.717, 1.165) is 87.7 Å². The number of aromatic hydroxyl groups is 5. The molecule has 9 N–H and O–H groups in total. The van der Waals surface area contributed by atoms with Crippen molar-refractivity contribution in [2.75, 3.05) is 35.5 Å². The molecular formula is C78H108O14. The summed E-state index contributed by atoms with van der Waals surface area (Å²) in [7, 11) is 8.33. The number of aliphatic hydroxyl groups excluding tert-OH is 4. The highest BCUT2D eigenvalue weighted by atomic mass is 16.5. The number of benzene rings is 5. The number of phenolic OH excluding ortho intramolecular Hbond substituents is 5. The zero-order valence-corrected chi connectivity index (χ0v) is 56.2. The van der Waals surface area contributed by atoms with Crippen LogP contribution in [0.2, 0.25) is 0 Å². The van der Waals surface area contributed by atoms with Gasteiger partial charge in [-0.05, 0) is 264 Å². The van der Waals surface area contributed by atoms with Crippen LogP contribution in [0, 0.1) is 49.4 Å². The van der Waals surface area contributed by atoms with E-state index in [1.165, 1.54) is 0 Å². The number of hydrogen-bond donors (Lipinski definition) is 9. The average molecular weight is 1270 g/mol. The minimum absolute atomic E-state index is 0.00994. The number of aryl methyl sites for hydroxylation is 2. The van der Waals surface area contributed by atoms with Crippen LogP contribution >= 0.6 is 0 Å². The van der Waals surface area contributed by atoms with Gasteiger partial charge in [-0.1, -0.05) is 51.3 Å². The number of ether oxygens (including phenoxy) is 5. The highest BCUT2D eigenvalue weighted by Gasteiger charge is 2.42. The lowest BCUT2D eigenvalue weighted by molar-refractivity contribution is -0.0357. The smallest absolute Gasteiger partial charge is 0.126 e. The average Bonchev–Trinajstić information content (AvgIpc) is 0.801. The van der Waals surface area contributed by atoms with Crippen molar-refractivity contribution in [1.29, 1.82) is 0 Å². The predicted octanol–water partition coefficient (Wildman–Crippen LogP) is 15.3. The van der Waals surface area contributed by atoms with E-state index < -0.39 is 24.4 Å². The molecule has 0 saturated heterocycles. The largest absolute Gasteiger partial charge is 0.508 e. The lowest BCUT2D eigenvalue weighted by atomic mass is 9.67. The zero-order chi connectivity index (χ0) is 65.7. The minimum Gasteiger partial charge on any atom is -0.508 e. The maximum Gasteiger partial charge on any atom is 0.126 e. The summed E-state index contributed by atoms with van der Waals surface area (Å²) in [5.74, 6) is 1.61. The standard InChI is InChI=1S/C78H108O14/c1-43-25-47(31-53(82)27-43)58-13-10-17-62(64-23-20-51(80)36-75(64)89-6)69-40-71(78(92-9)42-74(69)87)63(65-24-21-52(81)37-76(65)90-7)18-12-15-60(48-26-44(2)28-54(83)32-48)70-39-67(73(86)41-77(70)91-8)59(49-33-55(84)35-56(34-49)88-5)14-11-16-61(57-22-19-50(79)29-45(57)3)68-38-66(58)46(4)30-72(68)85/h19,21-22,24,29-30,37-44,47-49,51,53-56,58-64,75,79-87H,10-18,20,23,25-28,31-36H2,1-9H3/t43-,44+,47+,48-,49-,51?,53?,54?,55?,56-,58-,59-,60+,61+,62+,63-,64?,75-/m0/s1. The SMILES string of the molecule is COc1cc(O)ccc1[C@@H]1CCC[C@H]([C@@H]2CC(O)C[C@H](C)C2)c2cc(c(O)cc2OC)[C@H]([C@H]2CC(O)C[C@@H](OC)C2)CCC[C@H](c2ccc(O)cc2C)c2cc(c(C)cc2O)[C@H]([C@H]2CC(O)C[C@@H](C)C2)CCC[C@H](C2CCC(O)C[C@@H]2OC)c2cc1c(OC)cc2O. The molecule has 6 bridgehead atoms. The van der Waals surface area contributed by atoms with Gasteiger partial charge >= 0.3 is 0 Å². The van der Waals surface area contributed by atoms with E-state index in [0.29, 0.717) is 126 Å². The van der Waals surface area contributed by atoms with Gasteiger partial charge in [0.05, 0.1) is 58.0 Å². The summed E-state index contributed by atoms with van der Waals surface area (Å²) < 4.78 is 31.2. The molecule has 504 valence electrons. The number of rotatable bonds is 11. The van der Waals surface area contributed by atoms with Crippen molar-refractivity contribution in [3.8, 4) is 46.0 Å². The third-order valence-corrected chi connectivity index (χ3v) is 23.0. The predicted molar refractivity (Wildman–Crippen MR) is 359 cm³/mol. The fraction of sp³-hybridized carbons (Fsp3) is 0.615. The van der Waals surface area contributed by atoms with Crippen molar-refractivity contribution in [2.24, 2.45) is 35.5 Å². The van der Waals surface area contributed by atoms with Crippen LogP contribution in [-0.2, 0) is 9.47 Å². The quantitative estimate of drug-likeness (QED) is 0.0600. The van der Waals surface area contributed by atoms with E-state index in [1.807, 2.05) is 25.1 Å². The summed E-state index contributed by atoms with van der Waals surface area (Å²) >= 11 is 0. The highest BCUT2D eigenvalue weighted by Crippen LogP contribution is 2.54. The van der Waals surface area contributed by atoms with Crippen molar-refractivity contribution in [2.45, 2.75) is 235 Å². The molecule has 14 nitrogen and oxygen atoms in total. The minimum atomic E-state index is -0.603. The van der Waals surface area contributed by atoms with Crippen LogP contribution in [0.1, 0.15) is 240 Å². The Bertz CT molecular complexity index is 3230. The lowest BCUT2D eigenvalue weighted by Gasteiger charge is -2.40. The first-order valence-corrected chi connectivity index (χ1v) is 34.8. The Morgan fingerprint density at radius 3 is 1.38 bits per heavy atom. The molecule has 5 aliphatic carbocycles. The van der Waals surface area contributed by atoms with Crippen molar-refractivity contribution in [1.82, 2.24) is 0 Å². The van der Waals surface area contributed by atoms with Gasteiger partial charge in [0.1, 0.15) is 46.0 Å². The molecule has 14 heteroatoms. The second-order valence-electron chi connectivity index (χ2n) is 29.2. The summed E-state index contributed by atoms with van der Waals surface area (Å²) in [5.41, 5.74) is 9.04. The summed E-state index contributed by atoms with van der Waals surface area (Å²) in [6.45, 7) is 8.56. The molecule has 4 saturated carbocycles. The van der Waals surface area contributed by atoms with Gasteiger partial charge in [-0.15, -0.1) is 0 Å². The van der Waals surface area contributed by atoms with Gasteiger partial charge in [0, 0.05) is 60.9 Å². The first kappa shape index (κ1) is 69.1. The second-order valence-corrected chi connectivity index (χ2v) is 29.2. The van der Waals surface area contributed by atoms with Crippen LogP contribution in [0.4, 0.5) is 0 Å². The van der Waals surface area contributed by atoms with Crippen LogP contribution < -0.4 is 14.2 Å². The molecule has 0 radical (unpaired) electrons. The Morgan fingerprint density at radius 2 is 0.804 bits per heavy atom.